The summed E-state index contributed by atoms with van der Waals surface area (Å²) in [6.45, 7) is 6.19. The summed E-state index contributed by atoms with van der Waals surface area (Å²) in [5.41, 5.74) is 6.42. The Kier molecular flexibility index (Phi) is 5.09. The standard InChI is InChI=1S/C10H24N2OSi/c1-3-7-10(11,12-4-2)14-9-6-5-8-13-14/h12,14H,3-9,11H2,1-2H3. The number of rotatable bonds is 5. The van der Waals surface area contributed by atoms with Crippen LogP contribution in [0.4, 0.5) is 0 Å². The van der Waals surface area contributed by atoms with Gasteiger partial charge in [-0.1, -0.05) is 26.7 Å². The molecule has 14 heavy (non-hydrogen) atoms. The van der Waals surface area contributed by atoms with Crippen molar-refractivity contribution < 1.29 is 4.43 Å². The molecular weight excluding hydrogens is 192 g/mol. The molecular formula is C10H24N2OSi. The first-order valence-electron chi connectivity index (χ1n) is 5.88. The molecule has 0 saturated carbocycles. The second-order valence-electron chi connectivity index (χ2n) is 4.18. The third kappa shape index (κ3) is 3.05. The summed E-state index contributed by atoms with van der Waals surface area (Å²) in [5.74, 6) is 0. The van der Waals surface area contributed by atoms with Crippen molar-refractivity contribution in [2.75, 3.05) is 13.2 Å². The van der Waals surface area contributed by atoms with Gasteiger partial charge < -0.3 is 15.5 Å². The highest BCUT2D eigenvalue weighted by Gasteiger charge is 2.37. The lowest BCUT2D eigenvalue weighted by Crippen LogP contribution is -2.65. The fourth-order valence-corrected chi connectivity index (χ4v) is 5.39. The SMILES string of the molecule is CCCC(N)(NCC)[SiH]1CCCCO1. The zero-order valence-electron chi connectivity index (χ0n) is 9.51. The summed E-state index contributed by atoms with van der Waals surface area (Å²) in [4.78, 5) is 0. The minimum atomic E-state index is -1.22. The van der Waals surface area contributed by atoms with Crippen LogP contribution in [0, 0.1) is 0 Å². The third-order valence-electron chi connectivity index (χ3n) is 2.92. The second kappa shape index (κ2) is 5.85. The van der Waals surface area contributed by atoms with E-state index in [0.29, 0.717) is 0 Å². The minimum Gasteiger partial charge on any atom is -0.417 e. The van der Waals surface area contributed by atoms with Gasteiger partial charge in [0.15, 0.2) is 0 Å². The van der Waals surface area contributed by atoms with Crippen LogP contribution in [0.25, 0.3) is 0 Å². The Morgan fingerprint density at radius 3 is 2.71 bits per heavy atom. The van der Waals surface area contributed by atoms with E-state index in [0.717, 1.165) is 26.0 Å². The van der Waals surface area contributed by atoms with Crippen LogP contribution in [0.3, 0.4) is 0 Å². The first-order chi connectivity index (χ1) is 6.73. The molecule has 0 aromatic rings. The molecule has 1 aliphatic rings. The predicted octanol–water partition coefficient (Wildman–Crippen LogP) is 1.12. The monoisotopic (exact) mass is 216 g/mol. The summed E-state index contributed by atoms with van der Waals surface area (Å²) in [5, 5.41) is 3.28. The van der Waals surface area contributed by atoms with Gasteiger partial charge in [-0.15, -0.1) is 0 Å². The molecule has 4 heteroatoms. The molecule has 84 valence electrons. The molecule has 1 aliphatic heterocycles. The number of nitrogens with two attached hydrogens (primary N) is 1. The Labute approximate surface area is 89.1 Å². The molecule has 1 heterocycles. The minimum absolute atomic E-state index is 0.163. The zero-order valence-corrected chi connectivity index (χ0v) is 10.7. The summed E-state index contributed by atoms with van der Waals surface area (Å²) in [6, 6.07) is 1.24. The Balaban J connectivity index is 2.54. The van der Waals surface area contributed by atoms with Gasteiger partial charge in [-0.2, -0.15) is 0 Å². The molecule has 0 bridgehead atoms. The number of hydrogen-bond acceptors (Lipinski definition) is 3. The average molecular weight is 216 g/mol. The molecule has 0 aromatic carbocycles. The Morgan fingerprint density at radius 1 is 1.43 bits per heavy atom. The van der Waals surface area contributed by atoms with E-state index in [9.17, 15) is 0 Å². The van der Waals surface area contributed by atoms with Crippen molar-refractivity contribution in [2.45, 2.75) is 50.9 Å². The van der Waals surface area contributed by atoms with Crippen LogP contribution < -0.4 is 11.1 Å². The quantitative estimate of drug-likeness (QED) is 0.535. The van der Waals surface area contributed by atoms with Gasteiger partial charge in [0.1, 0.15) is 0 Å². The Bertz CT molecular complexity index is 154. The highest BCUT2D eigenvalue weighted by Crippen LogP contribution is 2.21. The molecule has 3 N–H and O–H groups in total. The molecule has 1 saturated heterocycles. The lowest BCUT2D eigenvalue weighted by molar-refractivity contribution is 0.247. The third-order valence-corrected chi connectivity index (χ3v) is 6.14. The second-order valence-corrected chi connectivity index (χ2v) is 7.09. The zero-order chi connectivity index (χ0) is 10.4. The molecule has 3 nitrogen and oxygen atoms in total. The van der Waals surface area contributed by atoms with Gasteiger partial charge in [0.25, 0.3) is 0 Å². The van der Waals surface area contributed by atoms with E-state index in [1.54, 1.807) is 0 Å². The van der Waals surface area contributed by atoms with Crippen molar-refractivity contribution in [1.29, 1.82) is 0 Å². The lowest BCUT2D eigenvalue weighted by atomic mass is 10.3. The average Bonchev–Trinajstić information content (AvgIpc) is 2.20. The molecule has 0 aliphatic carbocycles. The van der Waals surface area contributed by atoms with Gasteiger partial charge in [0, 0.05) is 6.61 Å². The summed E-state index contributed by atoms with van der Waals surface area (Å²) in [6.07, 6.45) is 4.72. The topological polar surface area (TPSA) is 47.3 Å². The van der Waals surface area contributed by atoms with Crippen LogP contribution >= 0.6 is 0 Å². The van der Waals surface area contributed by atoms with Crippen LogP contribution in [0.15, 0.2) is 0 Å². The first kappa shape index (κ1) is 12.2. The van der Waals surface area contributed by atoms with E-state index < -0.39 is 9.04 Å². The molecule has 0 radical (unpaired) electrons. The Morgan fingerprint density at radius 2 is 2.21 bits per heavy atom. The van der Waals surface area contributed by atoms with Crippen LogP contribution in [0.2, 0.25) is 6.04 Å². The van der Waals surface area contributed by atoms with Crippen molar-refractivity contribution in [1.82, 2.24) is 5.32 Å². The lowest BCUT2D eigenvalue weighted by Gasteiger charge is -2.38. The highest BCUT2D eigenvalue weighted by atomic mass is 28.3. The largest absolute Gasteiger partial charge is 0.417 e. The van der Waals surface area contributed by atoms with Crippen molar-refractivity contribution >= 4 is 9.04 Å². The van der Waals surface area contributed by atoms with Crippen molar-refractivity contribution in [3.63, 3.8) is 0 Å². The van der Waals surface area contributed by atoms with E-state index in [1.165, 1.54) is 18.9 Å². The van der Waals surface area contributed by atoms with E-state index in [-0.39, 0.29) is 5.29 Å². The van der Waals surface area contributed by atoms with Gasteiger partial charge in [0.2, 0.25) is 9.04 Å². The Hall–Kier alpha value is 0.0969. The maximum Gasteiger partial charge on any atom is 0.211 e. The van der Waals surface area contributed by atoms with Gasteiger partial charge in [-0.25, -0.2) is 0 Å². The maximum atomic E-state index is 6.42. The number of nitrogens with one attached hydrogen (secondary N) is 1. The first-order valence-corrected chi connectivity index (χ1v) is 7.75. The number of hydrogen-bond donors (Lipinski definition) is 2. The van der Waals surface area contributed by atoms with Crippen molar-refractivity contribution in [3.05, 3.63) is 0 Å². The molecule has 0 amide bonds. The van der Waals surface area contributed by atoms with Crippen LogP contribution in [0.5, 0.6) is 0 Å². The van der Waals surface area contributed by atoms with Crippen LogP contribution in [-0.2, 0) is 4.43 Å². The molecule has 2 unspecified atom stereocenters. The maximum absolute atomic E-state index is 6.42. The van der Waals surface area contributed by atoms with E-state index >= 15 is 0 Å². The van der Waals surface area contributed by atoms with Gasteiger partial charge in [0.05, 0.1) is 5.29 Å². The normalized spacial score (nSPS) is 27.2. The molecule has 0 aromatic heterocycles. The molecule has 1 fully saturated rings. The highest BCUT2D eigenvalue weighted by molar-refractivity contribution is 6.55. The molecule has 2 atom stereocenters. The van der Waals surface area contributed by atoms with E-state index in [1.807, 2.05) is 0 Å². The van der Waals surface area contributed by atoms with Crippen LogP contribution in [-0.4, -0.2) is 27.5 Å². The van der Waals surface area contributed by atoms with Gasteiger partial charge in [-0.05, 0) is 25.4 Å². The fourth-order valence-electron chi connectivity index (χ4n) is 2.25. The van der Waals surface area contributed by atoms with Gasteiger partial charge >= 0.3 is 0 Å². The predicted molar refractivity (Wildman–Crippen MR) is 62.6 cm³/mol. The smallest absolute Gasteiger partial charge is 0.211 e. The molecule has 0 spiro atoms. The van der Waals surface area contributed by atoms with E-state index in [4.69, 9.17) is 10.2 Å². The van der Waals surface area contributed by atoms with Crippen LogP contribution in [0.1, 0.15) is 39.5 Å². The summed E-state index contributed by atoms with van der Waals surface area (Å²) in [7, 11) is -1.22. The van der Waals surface area contributed by atoms with Crippen molar-refractivity contribution in [3.8, 4) is 0 Å². The molecule has 1 rings (SSSR count). The fraction of sp³-hybridized carbons (Fsp3) is 1.00. The van der Waals surface area contributed by atoms with Gasteiger partial charge in [-0.3, -0.25) is 0 Å². The van der Waals surface area contributed by atoms with E-state index in [2.05, 4.69) is 19.2 Å². The summed E-state index contributed by atoms with van der Waals surface area (Å²) < 4.78 is 5.90. The van der Waals surface area contributed by atoms with Crippen molar-refractivity contribution in [2.24, 2.45) is 5.73 Å². The summed E-state index contributed by atoms with van der Waals surface area (Å²) >= 11 is 0.